The lowest BCUT2D eigenvalue weighted by molar-refractivity contribution is -0.140. The lowest BCUT2D eigenvalue weighted by Crippen LogP contribution is -2.38. The van der Waals surface area contributed by atoms with Crippen LogP contribution in [0.25, 0.3) is 5.76 Å². The van der Waals surface area contributed by atoms with Gasteiger partial charge in [-0.05, 0) is 49.3 Å². The highest BCUT2D eigenvalue weighted by Crippen LogP contribution is 2.40. The molecule has 0 spiro atoms. The number of likely N-dealkylation sites (N-methyl/N-ethyl adjacent to an activating group) is 1. The van der Waals surface area contributed by atoms with Gasteiger partial charge in [0, 0.05) is 25.1 Å². The summed E-state index contributed by atoms with van der Waals surface area (Å²) in [5.41, 5.74) is 2.48. The Hall–Kier alpha value is -3.12. The number of amides is 1. The highest BCUT2D eigenvalue weighted by atomic mass is 16.5. The van der Waals surface area contributed by atoms with Gasteiger partial charge in [0.25, 0.3) is 11.7 Å². The zero-order valence-corrected chi connectivity index (χ0v) is 18.9. The van der Waals surface area contributed by atoms with E-state index in [1.54, 1.807) is 11.0 Å². The first-order valence-electron chi connectivity index (χ1n) is 11.3. The van der Waals surface area contributed by atoms with Gasteiger partial charge in [-0.1, -0.05) is 44.2 Å². The molecule has 6 nitrogen and oxygen atoms in total. The standard InChI is InChI=1S/C26H30N2O4/c1-4-27(5-2)13-14-28-23(18-9-7-6-8-10-18)22(25(30)26(28)31)24(29)19-11-12-21-20(16-19)15-17(3)32-21/h6-12,16-17,23,29H,4-5,13-15H2,1-3H3/b24-22+. The van der Waals surface area contributed by atoms with Crippen molar-refractivity contribution in [1.29, 1.82) is 0 Å². The van der Waals surface area contributed by atoms with E-state index in [2.05, 4.69) is 18.7 Å². The van der Waals surface area contributed by atoms with E-state index >= 15 is 0 Å². The molecule has 0 bridgehead atoms. The minimum absolute atomic E-state index is 0.0809. The number of ether oxygens (including phenoxy) is 1. The Labute approximate surface area is 189 Å². The second-order valence-electron chi connectivity index (χ2n) is 8.39. The first-order valence-corrected chi connectivity index (χ1v) is 11.3. The van der Waals surface area contributed by atoms with E-state index in [-0.39, 0.29) is 17.4 Å². The highest BCUT2D eigenvalue weighted by molar-refractivity contribution is 6.46. The number of hydrogen-bond acceptors (Lipinski definition) is 5. The molecule has 32 heavy (non-hydrogen) atoms. The molecule has 1 saturated heterocycles. The summed E-state index contributed by atoms with van der Waals surface area (Å²) in [6.45, 7) is 8.96. The fraction of sp³-hybridized carbons (Fsp3) is 0.385. The van der Waals surface area contributed by atoms with E-state index in [1.165, 1.54) is 0 Å². The molecule has 2 aromatic carbocycles. The molecule has 0 radical (unpaired) electrons. The zero-order chi connectivity index (χ0) is 22.8. The van der Waals surface area contributed by atoms with Gasteiger partial charge in [0.2, 0.25) is 0 Å². The molecule has 2 atom stereocenters. The first-order chi connectivity index (χ1) is 15.4. The summed E-state index contributed by atoms with van der Waals surface area (Å²) in [4.78, 5) is 30.0. The van der Waals surface area contributed by atoms with Crippen molar-refractivity contribution in [1.82, 2.24) is 9.80 Å². The summed E-state index contributed by atoms with van der Waals surface area (Å²) in [5, 5.41) is 11.3. The molecule has 4 rings (SSSR count). The number of carbonyl (C=O) groups is 2. The number of aliphatic hydroxyl groups is 1. The predicted octanol–water partition coefficient (Wildman–Crippen LogP) is 3.77. The molecule has 2 unspecified atom stereocenters. The molecular weight excluding hydrogens is 404 g/mol. The van der Waals surface area contributed by atoms with Crippen LogP contribution in [-0.2, 0) is 16.0 Å². The smallest absolute Gasteiger partial charge is 0.295 e. The van der Waals surface area contributed by atoms with Crippen LogP contribution in [0.3, 0.4) is 0 Å². The van der Waals surface area contributed by atoms with Crippen LogP contribution < -0.4 is 4.74 Å². The monoisotopic (exact) mass is 434 g/mol. The molecule has 0 aliphatic carbocycles. The van der Waals surface area contributed by atoms with Crippen LogP contribution in [0, 0.1) is 0 Å². The number of hydrogen-bond donors (Lipinski definition) is 1. The maximum absolute atomic E-state index is 13.1. The maximum Gasteiger partial charge on any atom is 0.295 e. The number of rotatable bonds is 7. The average Bonchev–Trinajstić information content (AvgIpc) is 3.30. The van der Waals surface area contributed by atoms with Gasteiger partial charge < -0.3 is 19.6 Å². The van der Waals surface area contributed by atoms with Gasteiger partial charge >= 0.3 is 0 Å². The summed E-state index contributed by atoms with van der Waals surface area (Å²) in [6.07, 6.45) is 0.828. The van der Waals surface area contributed by atoms with Crippen molar-refractivity contribution >= 4 is 17.4 Å². The van der Waals surface area contributed by atoms with Crippen molar-refractivity contribution in [3.8, 4) is 5.75 Å². The first kappa shape index (κ1) is 22.1. The Morgan fingerprint density at radius 1 is 1.12 bits per heavy atom. The minimum Gasteiger partial charge on any atom is -0.507 e. The van der Waals surface area contributed by atoms with Crippen LogP contribution in [0.4, 0.5) is 0 Å². The highest BCUT2D eigenvalue weighted by Gasteiger charge is 2.46. The number of fused-ring (bicyclic) bond motifs is 1. The molecule has 2 aliphatic rings. The van der Waals surface area contributed by atoms with Crippen LogP contribution >= 0.6 is 0 Å². The van der Waals surface area contributed by atoms with Crippen molar-refractivity contribution in [2.45, 2.75) is 39.3 Å². The molecular formula is C26H30N2O4. The number of ketones is 1. The third-order valence-electron chi connectivity index (χ3n) is 6.38. The number of carbonyl (C=O) groups excluding carboxylic acids is 2. The number of aliphatic hydroxyl groups excluding tert-OH is 1. The molecule has 2 aromatic rings. The van der Waals surface area contributed by atoms with Crippen LogP contribution in [0.2, 0.25) is 0 Å². The summed E-state index contributed by atoms with van der Waals surface area (Å²) < 4.78 is 5.76. The third kappa shape index (κ3) is 4.02. The Morgan fingerprint density at radius 2 is 1.84 bits per heavy atom. The van der Waals surface area contributed by atoms with E-state index in [0.717, 1.165) is 36.4 Å². The molecule has 168 valence electrons. The summed E-state index contributed by atoms with van der Waals surface area (Å²) in [7, 11) is 0. The lowest BCUT2D eigenvalue weighted by Gasteiger charge is -2.28. The zero-order valence-electron chi connectivity index (χ0n) is 18.9. The molecule has 1 N–H and O–H groups in total. The van der Waals surface area contributed by atoms with Gasteiger partial charge in [-0.25, -0.2) is 0 Å². The Kier molecular flexibility index (Phi) is 6.33. The number of Topliss-reactive ketones (excluding diaryl/α,β-unsaturated/α-hetero) is 1. The Balaban J connectivity index is 1.76. The fourth-order valence-corrected chi connectivity index (χ4v) is 4.61. The van der Waals surface area contributed by atoms with E-state index in [1.807, 2.05) is 49.4 Å². The second-order valence-corrected chi connectivity index (χ2v) is 8.39. The molecule has 2 aliphatic heterocycles. The third-order valence-corrected chi connectivity index (χ3v) is 6.38. The van der Waals surface area contributed by atoms with Crippen LogP contribution in [-0.4, -0.2) is 58.9 Å². The number of nitrogens with zero attached hydrogens (tertiary/aromatic N) is 2. The van der Waals surface area contributed by atoms with Gasteiger partial charge in [0.05, 0.1) is 11.6 Å². The summed E-state index contributed by atoms with van der Waals surface area (Å²) >= 11 is 0. The summed E-state index contributed by atoms with van der Waals surface area (Å²) in [6, 6.07) is 14.3. The molecule has 0 saturated carbocycles. The quantitative estimate of drug-likeness (QED) is 0.408. The number of likely N-dealkylation sites (tertiary alicyclic amines) is 1. The average molecular weight is 435 g/mol. The van der Waals surface area contributed by atoms with Crippen molar-refractivity contribution in [2.24, 2.45) is 0 Å². The van der Waals surface area contributed by atoms with E-state index in [4.69, 9.17) is 4.74 Å². The van der Waals surface area contributed by atoms with Crippen LogP contribution in [0.15, 0.2) is 54.1 Å². The van der Waals surface area contributed by atoms with Crippen LogP contribution in [0.5, 0.6) is 5.75 Å². The van der Waals surface area contributed by atoms with Crippen molar-refractivity contribution < 1.29 is 19.4 Å². The second kappa shape index (κ2) is 9.17. The van der Waals surface area contributed by atoms with Crippen molar-refractivity contribution in [2.75, 3.05) is 26.2 Å². The van der Waals surface area contributed by atoms with Crippen LogP contribution in [0.1, 0.15) is 43.5 Å². The van der Waals surface area contributed by atoms with E-state index in [0.29, 0.717) is 18.7 Å². The molecule has 1 amide bonds. The van der Waals surface area contributed by atoms with Gasteiger partial charge in [0.1, 0.15) is 17.6 Å². The van der Waals surface area contributed by atoms with Crippen molar-refractivity contribution in [3.05, 3.63) is 70.8 Å². The number of benzene rings is 2. The molecule has 1 fully saturated rings. The van der Waals surface area contributed by atoms with Crippen molar-refractivity contribution in [3.63, 3.8) is 0 Å². The lowest BCUT2D eigenvalue weighted by atomic mass is 9.94. The summed E-state index contributed by atoms with van der Waals surface area (Å²) in [5.74, 6) is -0.537. The largest absolute Gasteiger partial charge is 0.507 e. The van der Waals surface area contributed by atoms with E-state index < -0.39 is 17.7 Å². The van der Waals surface area contributed by atoms with Gasteiger partial charge in [-0.2, -0.15) is 0 Å². The van der Waals surface area contributed by atoms with Gasteiger partial charge in [0.15, 0.2) is 0 Å². The van der Waals surface area contributed by atoms with Gasteiger partial charge in [-0.3, -0.25) is 9.59 Å². The Morgan fingerprint density at radius 3 is 2.53 bits per heavy atom. The normalized spacial score (nSPS) is 21.8. The van der Waals surface area contributed by atoms with Gasteiger partial charge in [-0.15, -0.1) is 0 Å². The minimum atomic E-state index is -0.638. The van der Waals surface area contributed by atoms with E-state index in [9.17, 15) is 14.7 Å². The SMILES string of the molecule is CCN(CC)CCN1C(=O)C(=O)/C(=C(/O)c2ccc3c(c2)CC(C)O3)C1c1ccccc1. The fourth-order valence-electron chi connectivity index (χ4n) is 4.61. The predicted molar refractivity (Wildman–Crippen MR) is 123 cm³/mol. The molecule has 0 aromatic heterocycles. The maximum atomic E-state index is 13.1. The topological polar surface area (TPSA) is 70.1 Å². The molecule has 6 heteroatoms. The molecule has 2 heterocycles. The Bertz CT molecular complexity index is 1040.